The van der Waals surface area contributed by atoms with E-state index in [4.69, 9.17) is 56.8 Å². The topological polar surface area (TPSA) is 225 Å². The summed E-state index contributed by atoms with van der Waals surface area (Å²) in [6, 6.07) is 27.6. The van der Waals surface area contributed by atoms with Crippen LogP contribution in [0.4, 0.5) is 0 Å². The Kier molecular flexibility index (Phi) is 17.8. The molecule has 0 spiro atoms. The maximum Gasteiger partial charge on any atom is 0.302 e. The standard InChI is InChI=1S/C51H66N6O13/c1-28-32(5)64-48(30(3)42(28)60-23-35-17-11-8-12-18-35)68-43-29(2)40(54-56-52)51(67-38(43)26-59-34(7)58)69-45-33(6)65-49(31(4)44(45)61-24-36-19-13-9-14-20-36)70-46-39-27-63-50(66-39)41(55-57-53)47(46)62-25-37-21-15-10-16-22-37/h8-22,28-33,38-51H,23-27H2,1-7H3/t28-,29+,30?,31?,32?,33?,38?,39?,40?,41?,42+,43+,44-,45-,46-,47-,48-,49-,50-,51-/m0/s1. The van der Waals surface area contributed by atoms with E-state index in [1.807, 2.05) is 126 Å². The summed E-state index contributed by atoms with van der Waals surface area (Å²) in [7, 11) is 0. The van der Waals surface area contributed by atoms with Gasteiger partial charge >= 0.3 is 5.97 Å². The van der Waals surface area contributed by atoms with Crippen molar-refractivity contribution in [3.05, 3.63) is 129 Å². The van der Waals surface area contributed by atoms with Crippen LogP contribution >= 0.6 is 0 Å². The molecule has 0 N–H and O–H groups in total. The van der Waals surface area contributed by atoms with Crippen molar-refractivity contribution in [3.63, 3.8) is 0 Å². The lowest BCUT2D eigenvalue weighted by Gasteiger charge is -2.51. The maximum atomic E-state index is 12.3. The highest BCUT2D eigenvalue weighted by molar-refractivity contribution is 5.65. The molecule has 5 heterocycles. The molecule has 8 rings (SSSR count). The van der Waals surface area contributed by atoms with E-state index in [2.05, 4.69) is 27.0 Å². The molecule has 0 saturated carbocycles. The van der Waals surface area contributed by atoms with Gasteiger partial charge in [0.2, 0.25) is 0 Å². The summed E-state index contributed by atoms with van der Waals surface area (Å²) in [6.07, 6.45) is -9.96. The Morgan fingerprint density at radius 2 is 1.06 bits per heavy atom. The molecule has 5 fully saturated rings. The molecule has 3 aromatic carbocycles. The van der Waals surface area contributed by atoms with Crippen LogP contribution in [0.5, 0.6) is 0 Å². The fraction of sp³-hybridized carbons (Fsp3) is 0.627. The largest absolute Gasteiger partial charge is 0.463 e. The molecule has 0 aromatic heterocycles. The molecule has 0 amide bonds. The van der Waals surface area contributed by atoms with E-state index in [0.29, 0.717) is 6.61 Å². The number of nitrogens with zero attached hydrogens (tertiary/aromatic N) is 6. The van der Waals surface area contributed by atoms with Gasteiger partial charge in [0.05, 0.1) is 63.0 Å². The summed E-state index contributed by atoms with van der Waals surface area (Å²) < 4.78 is 78.3. The Morgan fingerprint density at radius 1 is 0.557 bits per heavy atom. The first-order valence-electron chi connectivity index (χ1n) is 24.3. The van der Waals surface area contributed by atoms with Crippen LogP contribution < -0.4 is 0 Å². The van der Waals surface area contributed by atoms with E-state index >= 15 is 0 Å². The second-order valence-electron chi connectivity index (χ2n) is 19.1. The number of rotatable bonds is 19. The summed E-state index contributed by atoms with van der Waals surface area (Å²) in [5.74, 6) is -1.72. The van der Waals surface area contributed by atoms with Crippen molar-refractivity contribution >= 4 is 5.97 Å². The second-order valence-corrected chi connectivity index (χ2v) is 19.1. The first-order chi connectivity index (χ1) is 33.9. The molecule has 2 bridgehead atoms. The van der Waals surface area contributed by atoms with Crippen molar-refractivity contribution in [2.45, 2.75) is 167 Å². The fourth-order valence-electron chi connectivity index (χ4n) is 10.2. The molecule has 20 atom stereocenters. The average Bonchev–Trinajstić information content (AvgIpc) is 3.81. The van der Waals surface area contributed by atoms with E-state index in [9.17, 15) is 15.9 Å². The fourth-order valence-corrected chi connectivity index (χ4v) is 10.2. The van der Waals surface area contributed by atoms with Gasteiger partial charge < -0.3 is 56.8 Å². The van der Waals surface area contributed by atoms with Crippen molar-refractivity contribution < 1.29 is 61.6 Å². The predicted octanol–water partition coefficient (Wildman–Crippen LogP) is 8.33. The van der Waals surface area contributed by atoms with Gasteiger partial charge in [-0.1, -0.05) is 129 Å². The number of hydrogen-bond donors (Lipinski definition) is 0. The molecule has 0 aliphatic carbocycles. The molecule has 19 nitrogen and oxygen atoms in total. The molecular weight excluding hydrogens is 905 g/mol. The van der Waals surface area contributed by atoms with Crippen LogP contribution in [-0.4, -0.2) is 117 Å². The molecule has 70 heavy (non-hydrogen) atoms. The van der Waals surface area contributed by atoms with Crippen LogP contribution in [0.1, 0.15) is 65.2 Å². The van der Waals surface area contributed by atoms with Crippen LogP contribution in [0.15, 0.2) is 101 Å². The summed E-state index contributed by atoms with van der Waals surface area (Å²) >= 11 is 0. The highest BCUT2D eigenvalue weighted by Gasteiger charge is 2.56. The minimum atomic E-state index is -1.17. The SMILES string of the molecule is CC(=O)OCC1O[C@@H](O[C@H]2C(C)O[C@@H](O[C@H]3C4CO[C@@H](O4)C(N=[N+]=[N-])[C@@H]3OCc3ccccc3)C(C)[C@@H]2OCc2ccccc2)C(N=[N+]=[N-])[C@@H](C)[C@H]1O[C@@H]1OC(C)[C@H](C)[C@@H](OCc2ccccc2)C1C. The Bertz CT molecular complexity index is 2230. The summed E-state index contributed by atoms with van der Waals surface area (Å²) in [5, 5.41) is 8.31. The van der Waals surface area contributed by atoms with Gasteiger partial charge in [0.25, 0.3) is 0 Å². The van der Waals surface area contributed by atoms with Crippen molar-refractivity contribution in [3.8, 4) is 0 Å². The molecule has 378 valence electrons. The lowest BCUT2D eigenvalue weighted by Crippen LogP contribution is -2.63. The van der Waals surface area contributed by atoms with Gasteiger partial charge in [-0.05, 0) is 47.5 Å². The van der Waals surface area contributed by atoms with Crippen LogP contribution in [0.2, 0.25) is 0 Å². The van der Waals surface area contributed by atoms with Crippen molar-refractivity contribution in [1.82, 2.24) is 0 Å². The van der Waals surface area contributed by atoms with Crippen LogP contribution in [0, 0.1) is 23.7 Å². The molecule has 0 radical (unpaired) electrons. The molecule has 5 saturated heterocycles. The third-order valence-corrected chi connectivity index (χ3v) is 14.2. The second kappa shape index (κ2) is 24.2. The summed E-state index contributed by atoms with van der Waals surface area (Å²) in [4.78, 5) is 18.7. The number of carbonyl (C=O) groups is 1. The Labute approximate surface area is 408 Å². The van der Waals surface area contributed by atoms with Gasteiger partial charge in [0.1, 0.15) is 43.2 Å². The molecule has 5 aliphatic heterocycles. The summed E-state index contributed by atoms with van der Waals surface area (Å²) in [5.41, 5.74) is 22.6. The van der Waals surface area contributed by atoms with Crippen LogP contribution in [0.25, 0.3) is 20.9 Å². The number of benzene rings is 3. The number of ether oxygens (including phenoxy) is 12. The third kappa shape index (κ3) is 12.1. The van der Waals surface area contributed by atoms with Crippen molar-refractivity contribution in [1.29, 1.82) is 0 Å². The highest BCUT2D eigenvalue weighted by atomic mass is 16.8. The van der Waals surface area contributed by atoms with E-state index in [1.54, 1.807) is 0 Å². The Balaban J connectivity index is 1.03. The summed E-state index contributed by atoms with van der Waals surface area (Å²) in [6.45, 7) is 14.0. The molecular formula is C51H66N6O13. The van der Waals surface area contributed by atoms with Gasteiger partial charge in [-0.3, -0.25) is 4.79 Å². The number of hydrogen-bond acceptors (Lipinski definition) is 15. The Hall–Kier alpha value is -4.69. The smallest absolute Gasteiger partial charge is 0.302 e. The van der Waals surface area contributed by atoms with E-state index in [1.165, 1.54) is 6.92 Å². The first kappa shape index (κ1) is 51.7. The normalized spacial score (nSPS) is 38.2. The highest BCUT2D eigenvalue weighted by Crippen LogP contribution is 2.42. The number of azide groups is 2. The maximum absolute atomic E-state index is 12.3. The van der Waals surface area contributed by atoms with Gasteiger partial charge in [0.15, 0.2) is 25.2 Å². The minimum absolute atomic E-state index is 0.0532. The number of fused-ring (bicyclic) bond motifs is 2. The van der Waals surface area contributed by atoms with Gasteiger partial charge in [-0.25, -0.2) is 0 Å². The zero-order chi connectivity index (χ0) is 49.3. The van der Waals surface area contributed by atoms with E-state index < -0.39 is 104 Å². The Morgan fingerprint density at radius 3 is 1.63 bits per heavy atom. The van der Waals surface area contributed by atoms with Crippen molar-refractivity contribution in [2.24, 2.45) is 33.9 Å². The predicted molar refractivity (Wildman–Crippen MR) is 251 cm³/mol. The quantitative estimate of drug-likeness (QED) is 0.0477. The third-order valence-electron chi connectivity index (χ3n) is 14.2. The molecule has 19 heteroatoms. The van der Waals surface area contributed by atoms with Crippen LogP contribution in [0.3, 0.4) is 0 Å². The van der Waals surface area contributed by atoms with Gasteiger partial charge in [-0.15, -0.1) is 0 Å². The minimum Gasteiger partial charge on any atom is -0.463 e. The monoisotopic (exact) mass is 970 g/mol. The number of esters is 1. The zero-order valence-electron chi connectivity index (χ0n) is 40.7. The van der Waals surface area contributed by atoms with Crippen LogP contribution in [-0.2, 0) is 81.5 Å². The lowest BCUT2D eigenvalue weighted by molar-refractivity contribution is -0.358. The van der Waals surface area contributed by atoms with Crippen molar-refractivity contribution in [2.75, 3.05) is 13.2 Å². The zero-order valence-corrected chi connectivity index (χ0v) is 40.7. The van der Waals surface area contributed by atoms with E-state index in [0.717, 1.165) is 16.7 Å². The first-order valence-corrected chi connectivity index (χ1v) is 24.3. The van der Waals surface area contributed by atoms with E-state index in [-0.39, 0.29) is 50.5 Å². The molecule has 8 unspecified atom stereocenters. The lowest BCUT2D eigenvalue weighted by atomic mass is 9.85. The van der Waals surface area contributed by atoms with Gasteiger partial charge in [-0.2, -0.15) is 0 Å². The molecule has 5 aliphatic rings. The number of carbonyl (C=O) groups excluding carboxylic acids is 1. The van der Waals surface area contributed by atoms with Gasteiger partial charge in [0, 0.05) is 34.5 Å². The molecule has 3 aromatic rings. The average molecular weight is 971 g/mol.